The number of halogens is 2. The van der Waals surface area contributed by atoms with E-state index in [-0.39, 0.29) is 47.9 Å². The SMILES string of the molecule is C[C]1(C[Si](C)(C)C2=CC=CC2)[Ti+2][NH]C1=O.[Cl-].[Cl-]. The van der Waals surface area contributed by atoms with Gasteiger partial charge in [-0.15, -0.1) is 0 Å². The van der Waals surface area contributed by atoms with E-state index in [1.807, 2.05) is 0 Å². The Hall–Kier alpha value is 0.461. The summed E-state index contributed by atoms with van der Waals surface area (Å²) in [4.78, 5) is 11.6. The molecule has 0 aromatic heterocycles. The first-order valence-electron chi connectivity index (χ1n) is 5.38. The number of amides is 1. The molecule has 1 N–H and O–H groups in total. The van der Waals surface area contributed by atoms with Gasteiger partial charge < -0.3 is 24.8 Å². The van der Waals surface area contributed by atoms with Gasteiger partial charge in [0.25, 0.3) is 0 Å². The molecule has 2 nitrogen and oxygen atoms in total. The summed E-state index contributed by atoms with van der Waals surface area (Å²) in [6.07, 6.45) is 7.77. The molecule has 1 fully saturated rings. The van der Waals surface area contributed by atoms with Crippen molar-refractivity contribution in [2.75, 3.05) is 0 Å². The summed E-state index contributed by atoms with van der Waals surface area (Å²) >= 11 is -0.223. The number of allylic oxidation sites excluding steroid dienone is 4. The maximum absolute atomic E-state index is 11.6. The van der Waals surface area contributed by atoms with Crippen LogP contribution in [0.15, 0.2) is 23.4 Å². The summed E-state index contributed by atoms with van der Waals surface area (Å²) < 4.78 is 3.03. The molecule has 1 amide bonds. The van der Waals surface area contributed by atoms with Crippen LogP contribution in [0.25, 0.3) is 0 Å². The number of nitrogens with one attached hydrogen (secondary N) is 1. The summed E-state index contributed by atoms with van der Waals surface area (Å²) in [7, 11) is -1.35. The van der Waals surface area contributed by atoms with Crippen molar-refractivity contribution in [1.82, 2.24) is 3.80 Å². The van der Waals surface area contributed by atoms with Crippen LogP contribution in [0.1, 0.15) is 13.3 Å². The molecule has 1 aliphatic carbocycles. The molecule has 94 valence electrons. The van der Waals surface area contributed by atoms with Gasteiger partial charge in [-0.1, -0.05) is 0 Å². The monoisotopic (exact) mass is 325 g/mol. The molecule has 1 heterocycles. The number of hydrogen-bond acceptors (Lipinski definition) is 1. The summed E-state index contributed by atoms with van der Waals surface area (Å²) in [6, 6.07) is 1.14. The second-order valence-corrected chi connectivity index (χ2v) is 12.6. The maximum Gasteiger partial charge on any atom is -1.00 e. The van der Waals surface area contributed by atoms with Crippen LogP contribution in [0.3, 0.4) is 0 Å². The van der Waals surface area contributed by atoms with Gasteiger partial charge in [-0.3, -0.25) is 0 Å². The van der Waals surface area contributed by atoms with E-state index in [0.29, 0.717) is 5.91 Å². The third-order valence-corrected chi connectivity index (χ3v) is 9.68. The minimum atomic E-state index is -1.35. The van der Waals surface area contributed by atoms with Crippen molar-refractivity contribution in [2.24, 2.45) is 0 Å². The normalized spacial score (nSPS) is 25.4. The largest absolute Gasteiger partial charge is 1.00 e. The Morgan fingerprint density at radius 1 is 1.47 bits per heavy atom. The van der Waals surface area contributed by atoms with E-state index in [2.05, 4.69) is 42.0 Å². The molecule has 1 aliphatic heterocycles. The van der Waals surface area contributed by atoms with Crippen molar-refractivity contribution in [3.05, 3.63) is 23.4 Å². The molecule has 0 saturated carbocycles. The van der Waals surface area contributed by atoms with E-state index in [9.17, 15) is 4.79 Å². The van der Waals surface area contributed by atoms with Gasteiger partial charge in [0.2, 0.25) is 0 Å². The topological polar surface area (TPSA) is 29.1 Å². The quantitative estimate of drug-likeness (QED) is 0.535. The Morgan fingerprint density at radius 2 is 2.12 bits per heavy atom. The van der Waals surface area contributed by atoms with E-state index >= 15 is 0 Å². The molecular formula is C11H17Cl2NOSiTi. The van der Waals surface area contributed by atoms with Crippen LogP contribution >= 0.6 is 0 Å². The Balaban J connectivity index is 0.00000128. The van der Waals surface area contributed by atoms with E-state index in [1.54, 1.807) is 5.20 Å². The maximum atomic E-state index is 11.6. The zero-order valence-corrected chi connectivity index (χ0v) is 14.4. The zero-order valence-electron chi connectivity index (χ0n) is 10.3. The Morgan fingerprint density at radius 3 is 2.47 bits per heavy atom. The standard InChI is InChI=1S/C11H18NOSi.2ClH.Ti/c1-9(11(12)13)8-14(2,3)10-6-4-5-7-10;;;/h4-6H,7-8H2,1-3H3,(H2,12,13);2*1H;/q;;;+3/p-3. The van der Waals surface area contributed by atoms with E-state index < -0.39 is 8.07 Å². The summed E-state index contributed by atoms with van der Waals surface area (Å²) in [5.74, 6) is 0.301. The predicted molar refractivity (Wildman–Crippen MR) is 60.6 cm³/mol. The van der Waals surface area contributed by atoms with Gasteiger partial charge in [0, 0.05) is 0 Å². The minimum Gasteiger partial charge on any atom is -1.00 e. The summed E-state index contributed by atoms with van der Waals surface area (Å²) in [5, 5.41) is 1.61. The average molecular weight is 326 g/mol. The first-order chi connectivity index (χ1) is 6.94. The van der Waals surface area contributed by atoms with Gasteiger partial charge in [0.15, 0.2) is 0 Å². The molecule has 2 aliphatic rings. The van der Waals surface area contributed by atoms with Crippen molar-refractivity contribution in [1.29, 1.82) is 0 Å². The fourth-order valence-electron chi connectivity index (χ4n) is 2.40. The van der Waals surface area contributed by atoms with E-state index in [4.69, 9.17) is 0 Å². The van der Waals surface area contributed by atoms with Gasteiger partial charge >= 0.3 is 102 Å². The van der Waals surface area contributed by atoms with Crippen LogP contribution < -0.4 is 28.6 Å². The smallest absolute Gasteiger partial charge is 1.00 e. The molecule has 1 atom stereocenters. The number of carbonyl (C=O) groups is 1. The van der Waals surface area contributed by atoms with Crippen LogP contribution in [0.2, 0.25) is 22.9 Å². The molecule has 2 rings (SSSR count). The van der Waals surface area contributed by atoms with Gasteiger partial charge in [-0.05, 0) is 0 Å². The van der Waals surface area contributed by atoms with E-state index in [1.165, 1.54) is 0 Å². The number of rotatable bonds is 3. The zero-order chi connectivity index (χ0) is 11.1. The van der Waals surface area contributed by atoms with Gasteiger partial charge in [0.1, 0.15) is 0 Å². The Kier molecular flexibility index (Phi) is 6.23. The average Bonchev–Trinajstić information content (AvgIpc) is 2.68. The molecule has 17 heavy (non-hydrogen) atoms. The number of carbonyl (C=O) groups excluding carboxylic acids is 1. The van der Waals surface area contributed by atoms with Crippen LogP contribution in [0, 0.1) is 0 Å². The first kappa shape index (κ1) is 17.5. The molecule has 1 unspecified atom stereocenters. The van der Waals surface area contributed by atoms with Crippen molar-refractivity contribution in [3.63, 3.8) is 0 Å². The molecule has 0 aromatic carbocycles. The Bertz CT molecular complexity index is 370. The molecule has 0 radical (unpaired) electrons. The van der Waals surface area contributed by atoms with Gasteiger partial charge in [-0.2, -0.15) is 0 Å². The molecule has 1 saturated heterocycles. The molecular weight excluding hydrogens is 309 g/mol. The van der Waals surface area contributed by atoms with Crippen LogP contribution in [-0.4, -0.2) is 14.0 Å². The summed E-state index contributed by atoms with van der Waals surface area (Å²) in [6.45, 7) is 6.95. The third-order valence-electron chi connectivity index (χ3n) is 3.39. The molecule has 0 aromatic rings. The minimum absolute atomic E-state index is 0. The van der Waals surface area contributed by atoms with Crippen molar-refractivity contribution in [2.45, 2.75) is 36.2 Å². The fourth-order valence-corrected chi connectivity index (χ4v) is 9.36. The third kappa shape index (κ3) is 3.48. The van der Waals surface area contributed by atoms with E-state index in [0.717, 1.165) is 12.5 Å². The van der Waals surface area contributed by atoms with Gasteiger partial charge in [0.05, 0.1) is 0 Å². The Labute approximate surface area is 126 Å². The first-order valence-corrected chi connectivity index (χ1v) is 10.1. The van der Waals surface area contributed by atoms with Crippen molar-refractivity contribution < 1.29 is 49.0 Å². The summed E-state index contributed by atoms with van der Waals surface area (Å²) in [5.41, 5.74) is 0. The van der Waals surface area contributed by atoms with Crippen LogP contribution in [0.5, 0.6) is 0 Å². The second-order valence-electron chi connectivity index (χ2n) is 5.30. The number of hydrogen-bond donors (Lipinski definition) is 1. The van der Waals surface area contributed by atoms with Crippen molar-refractivity contribution >= 4 is 14.0 Å². The fraction of sp³-hybridized carbons (Fsp3) is 0.545. The van der Waals surface area contributed by atoms with Gasteiger partial charge in [-0.25, -0.2) is 0 Å². The predicted octanol–water partition coefficient (Wildman–Crippen LogP) is -3.57. The molecule has 0 bridgehead atoms. The molecule has 0 spiro atoms. The molecule has 6 heteroatoms. The van der Waals surface area contributed by atoms with Crippen LogP contribution in [-0.2, 0) is 24.2 Å². The van der Waals surface area contributed by atoms with Crippen LogP contribution in [0.4, 0.5) is 0 Å². The second kappa shape index (κ2) is 6.07. The van der Waals surface area contributed by atoms with Crippen molar-refractivity contribution in [3.8, 4) is 0 Å².